The first-order chi connectivity index (χ1) is 14.0. The highest BCUT2D eigenvalue weighted by Crippen LogP contribution is 2.26. The summed E-state index contributed by atoms with van der Waals surface area (Å²) in [4.78, 5) is 12.4. The third kappa shape index (κ3) is 5.07. The summed E-state index contributed by atoms with van der Waals surface area (Å²) < 4.78 is 2.06. The molecule has 1 heterocycles. The van der Waals surface area contributed by atoms with E-state index in [2.05, 4.69) is 72.0 Å². The molecule has 0 fully saturated rings. The van der Waals surface area contributed by atoms with E-state index in [1.54, 1.807) is 0 Å². The van der Waals surface area contributed by atoms with Crippen LogP contribution in [-0.2, 0) is 11.3 Å². The number of aryl methyl sites for hydroxylation is 1. The number of hydrogen-bond acceptors (Lipinski definition) is 4. The molecule has 152 valence electrons. The van der Waals surface area contributed by atoms with Crippen molar-refractivity contribution >= 4 is 23.4 Å². The molecule has 29 heavy (non-hydrogen) atoms. The van der Waals surface area contributed by atoms with Crippen molar-refractivity contribution in [1.29, 1.82) is 0 Å². The van der Waals surface area contributed by atoms with Crippen LogP contribution in [0.1, 0.15) is 44.2 Å². The largest absolute Gasteiger partial charge is 0.325 e. The number of anilines is 1. The lowest BCUT2D eigenvalue weighted by atomic mass is 9.99. The van der Waals surface area contributed by atoms with Gasteiger partial charge in [-0.2, -0.15) is 0 Å². The molecule has 0 saturated carbocycles. The lowest BCUT2D eigenvalue weighted by Gasteiger charge is -2.11. The molecule has 1 amide bonds. The minimum Gasteiger partial charge on any atom is -0.325 e. The monoisotopic (exact) mass is 408 g/mol. The van der Waals surface area contributed by atoms with Gasteiger partial charge in [0.1, 0.15) is 0 Å². The van der Waals surface area contributed by atoms with Gasteiger partial charge in [0, 0.05) is 17.8 Å². The molecule has 5 nitrogen and oxygen atoms in total. The molecule has 6 heteroatoms. The van der Waals surface area contributed by atoms with Gasteiger partial charge in [0.25, 0.3) is 0 Å². The summed E-state index contributed by atoms with van der Waals surface area (Å²) in [5.41, 5.74) is 4.34. The van der Waals surface area contributed by atoms with Gasteiger partial charge in [0.15, 0.2) is 11.0 Å². The Morgan fingerprint density at radius 2 is 1.83 bits per heavy atom. The smallest absolute Gasteiger partial charge is 0.234 e. The molecule has 0 saturated heterocycles. The average Bonchev–Trinajstić information content (AvgIpc) is 3.15. The normalized spacial score (nSPS) is 12.0. The Labute approximate surface area is 176 Å². The van der Waals surface area contributed by atoms with Crippen molar-refractivity contribution in [2.24, 2.45) is 0 Å². The predicted molar refractivity (Wildman–Crippen MR) is 120 cm³/mol. The summed E-state index contributed by atoms with van der Waals surface area (Å²) in [6.07, 6.45) is 1.10. The fraction of sp³-hybridized carbons (Fsp3) is 0.348. The maximum Gasteiger partial charge on any atom is 0.234 e. The van der Waals surface area contributed by atoms with Crippen LogP contribution in [0.25, 0.3) is 11.4 Å². The maximum absolute atomic E-state index is 12.4. The first kappa shape index (κ1) is 21.1. The third-order valence-electron chi connectivity index (χ3n) is 5.13. The number of hydrogen-bond donors (Lipinski definition) is 1. The van der Waals surface area contributed by atoms with Gasteiger partial charge in [0.2, 0.25) is 5.91 Å². The minimum atomic E-state index is -0.0469. The summed E-state index contributed by atoms with van der Waals surface area (Å²) in [5.74, 6) is 1.61. The first-order valence-electron chi connectivity index (χ1n) is 10.0. The van der Waals surface area contributed by atoms with Gasteiger partial charge in [-0.15, -0.1) is 10.2 Å². The molecule has 3 rings (SSSR count). The zero-order valence-corrected chi connectivity index (χ0v) is 18.3. The molecule has 0 radical (unpaired) electrons. The highest BCUT2D eigenvalue weighted by molar-refractivity contribution is 7.99. The lowest BCUT2D eigenvalue weighted by molar-refractivity contribution is -0.113. The number of thioether (sulfide) groups is 1. The van der Waals surface area contributed by atoms with Gasteiger partial charge < -0.3 is 9.88 Å². The zero-order valence-electron chi connectivity index (χ0n) is 17.5. The van der Waals surface area contributed by atoms with E-state index in [1.807, 2.05) is 24.3 Å². The van der Waals surface area contributed by atoms with Crippen molar-refractivity contribution in [2.75, 3.05) is 11.1 Å². The Hall–Kier alpha value is -2.60. The van der Waals surface area contributed by atoms with Crippen LogP contribution in [0.15, 0.2) is 53.7 Å². The number of aromatic nitrogens is 3. The van der Waals surface area contributed by atoms with E-state index >= 15 is 0 Å². The van der Waals surface area contributed by atoms with Gasteiger partial charge in [-0.3, -0.25) is 4.79 Å². The van der Waals surface area contributed by atoms with Crippen LogP contribution in [0.3, 0.4) is 0 Å². The fourth-order valence-corrected chi connectivity index (χ4v) is 3.96. The average molecular weight is 409 g/mol. The van der Waals surface area contributed by atoms with Crippen molar-refractivity contribution < 1.29 is 4.79 Å². The highest BCUT2D eigenvalue weighted by Gasteiger charge is 2.16. The Balaban J connectivity index is 1.64. The van der Waals surface area contributed by atoms with Crippen molar-refractivity contribution in [3.05, 3.63) is 59.7 Å². The Morgan fingerprint density at radius 3 is 2.48 bits per heavy atom. The van der Waals surface area contributed by atoms with Crippen LogP contribution in [0.4, 0.5) is 5.69 Å². The molecule has 2 aromatic carbocycles. The molecule has 0 aliphatic carbocycles. The van der Waals surface area contributed by atoms with Crippen LogP contribution in [0.2, 0.25) is 0 Å². The molecule has 1 aromatic heterocycles. The molecule has 0 spiro atoms. The van der Waals surface area contributed by atoms with E-state index in [1.165, 1.54) is 17.3 Å². The third-order valence-corrected chi connectivity index (χ3v) is 6.09. The van der Waals surface area contributed by atoms with Gasteiger partial charge in [0.05, 0.1) is 5.75 Å². The number of nitrogens with zero attached hydrogens (tertiary/aromatic N) is 3. The molecule has 0 aliphatic heterocycles. The van der Waals surface area contributed by atoms with Crippen LogP contribution in [0, 0.1) is 6.92 Å². The Bertz CT molecular complexity index is 965. The summed E-state index contributed by atoms with van der Waals surface area (Å²) in [5, 5.41) is 12.4. The lowest BCUT2D eigenvalue weighted by Crippen LogP contribution is -2.14. The second-order valence-corrected chi connectivity index (χ2v) is 8.08. The van der Waals surface area contributed by atoms with Crippen LogP contribution >= 0.6 is 11.8 Å². The Morgan fingerprint density at radius 1 is 1.10 bits per heavy atom. The number of rotatable bonds is 8. The van der Waals surface area contributed by atoms with E-state index in [0.29, 0.717) is 11.7 Å². The molecule has 1 N–H and O–H groups in total. The van der Waals surface area contributed by atoms with Crippen molar-refractivity contribution in [1.82, 2.24) is 14.8 Å². The molecule has 0 bridgehead atoms. The van der Waals surface area contributed by atoms with Gasteiger partial charge in [-0.25, -0.2) is 0 Å². The number of carbonyl (C=O) groups is 1. The van der Waals surface area contributed by atoms with Crippen LogP contribution in [-0.4, -0.2) is 26.4 Å². The molecular formula is C23H28N4OS. The summed E-state index contributed by atoms with van der Waals surface area (Å²) in [7, 11) is 0. The van der Waals surface area contributed by atoms with Crippen LogP contribution in [0.5, 0.6) is 0 Å². The Kier molecular flexibility index (Phi) is 7.09. The number of nitrogens with one attached hydrogen (secondary N) is 1. The van der Waals surface area contributed by atoms with Crippen molar-refractivity contribution in [2.45, 2.75) is 51.7 Å². The minimum absolute atomic E-state index is 0.0469. The summed E-state index contributed by atoms with van der Waals surface area (Å²) in [6, 6.07) is 16.2. The van der Waals surface area contributed by atoms with Gasteiger partial charge >= 0.3 is 0 Å². The van der Waals surface area contributed by atoms with E-state index < -0.39 is 0 Å². The maximum atomic E-state index is 12.4. The van der Waals surface area contributed by atoms with E-state index in [9.17, 15) is 4.79 Å². The van der Waals surface area contributed by atoms with Gasteiger partial charge in [-0.1, -0.05) is 62.0 Å². The van der Waals surface area contributed by atoms with Crippen LogP contribution < -0.4 is 5.32 Å². The SMILES string of the molecule is CC[C@@H](C)c1ccc(NC(=O)CSc2nnc(-c3ccccc3C)n2CC)cc1. The van der Waals surface area contributed by atoms with E-state index in [0.717, 1.165) is 40.8 Å². The number of carbonyl (C=O) groups excluding carboxylic acids is 1. The fourth-order valence-electron chi connectivity index (χ4n) is 3.16. The first-order valence-corrected chi connectivity index (χ1v) is 11.0. The molecule has 0 unspecified atom stereocenters. The second-order valence-electron chi connectivity index (χ2n) is 7.13. The summed E-state index contributed by atoms with van der Waals surface area (Å²) >= 11 is 1.41. The predicted octanol–water partition coefficient (Wildman–Crippen LogP) is 5.52. The van der Waals surface area contributed by atoms with E-state index in [4.69, 9.17) is 0 Å². The number of benzene rings is 2. The summed E-state index contributed by atoms with van der Waals surface area (Å²) in [6.45, 7) is 9.26. The molecule has 0 aliphatic rings. The standard InChI is InChI=1S/C23H28N4OS/c1-5-16(3)18-11-13-19(14-12-18)24-21(28)15-29-23-26-25-22(27(23)6-2)20-10-8-7-9-17(20)4/h7-14,16H,5-6,15H2,1-4H3,(H,24,28)/t16-/m1/s1. The van der Waals surface area contributed by atoms with Crippen molar-refractivity contribution in [3.8, 4) is 11.4 Å². The van der Waals surface area contributed by atoms with Crippen molar-refractivity contribution in [3.63, 3.8) is 0 Å². The zero-order chi connectivity index (χ0) is 20.8. The molecular weight excluding hydrogens is 380 g/mol. The van der Waals surface area contributed by atoms with Gasteiger partial charge in [-0.05, 0) is 49.4 Å². The molecule has 1 atom stereocenters. The second kappa shape index (κ2) is 9.74. The highest BCUT2D eigenvalue weighted by atomic mass is 32.2. The quantitative estimate of drug-likeness (QED) is 0.499. The number of amides is 1. The van der Waals surface area contributed by atoms with E-state index in [-0.39, 0.29) is 5.91 Å². The topological polar surface area (TPSA) is 59.8 Å². The molecule has 3 aromatic rings.